The first-order chi connectivity index (χ1) is 10.3. The number of carbonyl (C=O) groups excluding carboxylic acids is 1. The summed E-state index contributed by atoms with van der Waals surface area (Å²) in [7, 11) is 0. The van der Waals surface area contributed by atoms with Crippen LogP contribution in [0, 0.1) is 0 Å². The Hall–Kier alpha value is -2.97. The number of carbonyl (C=O) groups is 1. The Bertz CT molecular complexity index is 757. The molecule has 0 bridgehead atoms. The number of nitrogens with zero attached hydrogens (tertiary/aromatic N) is 2. The summed E-state index contributed by atoms with van der Waals surface area (Å²) in [6, 6.07) is 11.2. The van der Waals surface area contributed by atoms with Gasteiger partial charge in [-0.1, -0.05) is 18.2 Å². The zero-order valence-corrected chi connectivity index (χ0v) is 11.2. The topological polar surface area (TPSA) is 52.1 Å². The number of ether oxygens (including phenoxy) is 1. The van der Waals surface area contributed by atoms with E-state index >= 15 is 0 Å². The molecule has 4 heteroatoms. The number of hydrogen-bond acceptors (Lipinski definition) is 4. The molecule has 4 nitrogen and oxygen atoms in total. The van der Waals surface area contributed by atoms with E-state index in [0.29, 0.717) is 11.3 Å². The Kier molecular flexibility index (Phi) is 3.72. The van der Waals surface area contributed by atoms with Crippen LogP contribution in [-0.4, -0.2) is 15.9 Å². The van der Waals surface area contributed by atoms with Gasteiger partial charge in [-0.05, 0) is 36.4 Å². The Labute approximate surface area is 122 Å². The molecule has 0 radical (unpaired) electrons. The van der Waals surface area contributed by atoms with Gasteiger partial charge in [0.05, 0.1) is 17.1 Å². The molecule has 3 rings (SSSR count). The maximum Gasteiger partial charge on any atom is 0.346 e. The molecule has 0 amide bonds. The second-order valence-electron chi connectivity index (χ2n) is 4.39. The van der Waals surface area contributed by atoms with Gasteiger partial charge in [0.15, 0.2) is 0 Å². The molecule has 0 fully saturated rings. The standard InChI is InChI=1S/C17H12N2O2/c20-17(13-6-1-2-7-13)21-12-14-8-5-10-16(19-14)15-9-3-4-11-18-15/h1-6,8-11H,12H2. The van der Waals surface area contributed by atoms with E-state index in [0.717, 1.165) is 11.4 Å². The summed E-state index contributed by atoms with van der Waals surface area (Å²) in [6.45, 7) is 0.124. The van der Waals surface area contributed by atoms with Crippen LogP contribution < -0.4 is 0 Å². The van der Waals surface area contributed by atoms with E-state index in [1.54, 1.807) is 24.4 Å². The highest BCUT2D eigenvalue weighted by Crippen LogP contribution is 2.14. The molecule has 0 N–H and O–H groups in total. The van der Waals surface area contributed by atoms with Crippen LogP contribution in [0.1, 0.15) is 5.69 Å². The zero-order valence-electron chi connectivity index (χ0n) is 11.2. The fourth-order valence-electron chi connectivity index (χ4n) is 1.89. The van der Waals surface area contributed by atoms with Crippen molar-refractivity contribution in [2.24, 2.45) is 0 Å². The smallest absolute Gasteiger partial charge is 0.346 e. The van der Waals surface area contributed by atoms with Gasteiger partial charge in [0.1, 0.15) is 12.2 Å². The van der Waals surface area contributed by atoms with Crippen molar-refractivity contribution in [1.29, 1.82) is 0 Å². The van der Waals surface area contributed by atoms with E-state index in [4.69, 9.17) is 4.74 Å². The highest BCUT2D eigenvalue weighted by Gasteiger charge is 2.10. The highest BCUT2D eigenvalue weighted by atomic mass is 16.5. The lowest BCUT2D eigenvalue weighted by Crippen LogP contribution is -2.06. The zero-order chi connectivity index (χ0) is 14.5. The number of esters is 1. The van der Waals surface area contributed by atoms with E-state index in [1.165, 1.54) is 0 Å². The third kappa shape index (κ3) is 3.14. The molecule has 2 aromatic heterocycles. The van der Waals surface area contributed by atoms with Crippen LogP contribution in [0.2, 0.25) is 0 Å². The molecule has 102 valence electrons. The summed E-state index contributed by atoms with van der Waals surface area (Å²) in [4.78, 5) is 20.4. The minimum Gasteiger partial charge on any atom is -0.455 e. The van der Waals surface area contributed by atoms with Crippen LogP contribution in [-0.2, 0) is 16.1 Å². The average molecular weight is 276 g/mol. The molecule has 0 atom stereocenters. The largest absolute Gasteiger partial charge is 0.455 e. The fraction of sp³-hybridized carbons (Fsp3) is 0.0588. The summed E-state index contributed by atoms with van der Waals surface area (Å²) in [5, 5.41) is 0. The van der Waals surface area contributed by atoms with Crippen molar-refractivity contribution in [1.82, 2.24) is 9.97 Å². The van der Waals surface area contributed by atoms with Crippen molar-refractivity contribution >= 4 is 5.97 Å². The molecule has 0 saturated heterocycles. The first-order valence-corrected chi connectivity index (χ1v) is 6.51. The average Bonchev–Trinajstić information content (AvgIpc) is 3.08. The number of pyridine rings is 2. The molecular formula is C17H12N2O2. The van der Waals surface area contributed by atoms with Crippen LogP contribution in [0.15, 0.2) is 72.1 Å². The van der Waals surface area contributed by atoms with Crippen molar-refractivity contribution in [2.45, 2.75) is 6.61 Å². The van der Waals surface area contributed by atoms with E-state index in [2.05, 4.69) is 15.7 Å². The van der Waals surface area contributed by atoms with Crippen molar-refractivity contribution in [3.63, 3.8) is 0 Å². The molecule has 0 saturated carbocycles. The number of hydrogen-bond donors (Lipinski definition) is 0. The van der Waals surface area contributed by atoms with Gasteiger partial charge in [-0.25, -0.2) is 9.78 Å². The summed E-state index contributed by atoms with van der Waals surface area (Å²) < 4.78 is 5.21. The molecule has 0 unspecified atom stereocenters. The number of allylic oxidation sites excluding steroid dienone is 1. The third-order valence-corrected chi connectivity index (χ3v) is 2.90. The van der Waals surface area contributed by atoms with Gasteiger partial charge in [0, 0.05) is 6.20 Å². The lowest BCUT2D eigenvalue weighted by atomic mass is 10.2. The highest BCUT2D eigenvalue weighted by molar-refractivity contribution is 5.92. The predicted molar refractivity (Wildman–Crippen MR) is 78.0 cm³/mol. The van der Waals surface area contributed by atoms with Gasteiger partial charge >= 0.3 is 5.97 Å². The van der Waals surface area contributed by atoms with Crippen LogP contribution in [0.4, 0.5) is 0 Å². The molecule has 1 aliphatic carbocycles. The summed E-state index contributed by atoms with van der Waals surface area (Å²) >= 11 is 0. The Morgan fingerprint density at radius 2 is 2.05 bits per heavy atom. The van der Waals surface area contributed by atoms with Crippen molar-refractivity contribution in [3.05, 3.63) is 77.8 Å². The monoisotopic (exact) mass is 276 g/mol. The normalized spacial score (nSPS) is 12.3. The predicted octanol–water partition coefficient (Wildman–Crippen LogP) is 2.84. The van der Waals surface area contributed by atoms with Crippen molar-refractivity contribution in [2.75, 3.05) is 0 Å². The van der Waals surface area contributed by atoms with Crippen LogP contribution in [0.5, 0.6) is 0 Å². The first kappa shape index (κ1) is 13.0. The van der Waals surface area contributed by atoms with Crippen LogP contribution >= 0.6 is 0 Å². The minimum atomic E-state index is -0.398. The van der Waals surface area contributed by atoms with Gasteiger partial charge in [0.25, 0.3) is 0 Å². The van der Waals surface area contributed by atoms with E-state index in [-0.39, 0.29) is 6.61 Å². The third-order valence-electron chi connectivity index (χ3n) is 2.90. The maximum atomic E-state index is 11.7. The molecule has 21 heavy (non-hydrogen) atoms. The lowest BCUT2D eigenvalue weighted by Gasteiger charge is -2.05. The second-order valence-corrected chi connectivity index (χ2v) is 4.39. The lowest BCUT2D eigenvalue weighted by molar-refractivity contribution is -0.139. The van der Waals surface area contributed by atoms with Crippen molar-refractivity contribution in [3.8, 4) is 11.4 Å². The van der Waals surface area contributed by atoms with Crippen molar-refractivity contribution < 1.29 is 9.53 Å². The first-order valence-electron chi connectivity index (χ1n) is 6.51. The molecule has 0 aromatic carbocycles. The Balaban J connectivity index is 1.71. The van der Waals surface area contributed by atoms with Crippen LogP contribution in [0.3, 0.4) is 0 Å². The quantitative estimate of drug-likeness (QED) is 0.636. The summed E-state index contributed by atoms with van der Waals surface area (Å²) in [6.07, 6.45) is 6.81. The van der Waals surface area contributed by atoms with E-state index < -0.39 is 5.97 Å². The minimum absolute atomic E-state index is 0.124. The van der Waals surface area contributed by atoms with Gasteiger partial charge in [-0.15, -0.1) is 5.73 Å². The van der Waals surface area contributed by atoms with Gasteiger partial charge < -0.3 is 4.74 Å². The van der Waals surface area contributed by atoms with E-state index in [1.807, 2.05) is 36.4 Å². The van der Waals surface area contributed by atoms with Gasteiger partial charge in [-0.3, -0.25) is 4.98 Å². The van der Waals surface area contributed by atoms with Gasteiger partial charge in [-0.2, -0.15) is 0 Å². The Morgan fingerprint density at radius 3 is 2.81 bits per heavy atom. The summed E-state index contributed by atoms with van der Waals surface area (Å²) in [5.74, 6) is -0.398. The maximum absolute atomic E-state index is 11.7. The molecule has 2 aromatic rings. The SMILES string of the molecule is O=C(OCc1cccc(-c2ccccn2)n1)C1=C=CC=C1. The van der Waals surface area contributed by atoms with E-state index in [9.17, 15) is 4.79 Å². The van der Waals surface area contributed by atoms with Gasteiger partial charge in [0.2, 0.25) is 0 Å². The number of aromatic nitrogens is 2. The molecule has 2 heterocycles. The Morgan fingerprint density at radius 1 is 1.14 bits per heavy atom. The second kappa shape index (κ2) is 5.99. The molecular weight excluding hydrogens is 264 g/mol. The fourth-order valence-corrected chi connectivity index (χ4v) is 1.89. The number of rotatable bonds is 4. The molecule has 0 spiro atoms. The summed E-state index contributed by atoms with van der Waals surface area (Å²) in [5.41, 5.74) is 5.45. The molecule has 0 aliphatic heterocycles. The molecule has 1 aliphatic rings. The van der Waals surface area contributed by atoms with Crippen LogP contribution in [0.25, 0.3) is 11.4 Å².